The van der Waals surface area contributed by atoms with Gasteiger partial charge in [0.25, 0.3) is 0 Å². The largest absolute Gasteiger partial charge is 0.497 e. The van der Waals surface area contributed by atoms with E-state index in [0.717, 1.165) is 69.6 Å². The lowest BCUT2D eigenvalue weighted by atomic mass is 10.1. The van der Waals surface area contributed by atoms with Crippen molar-refractivity contribution in [2.45, 2.75) is 64.3 Å². The summed E-state index contributed by atoms with van der Waals surface area (Å²) in [5.74, 6) is 2.55. The Bertz CT molecular complexity index is 671. The standard InChI is InChI=1S/C24H39N3O4/c1-4-25-24(26-17-19(2)31-22-10-7-9-21(16-22)28-3)27-13-11-20(12-14-27)30-18-23-8-5-6-15-29-23/h7,9-10,16,19-20,23H,4-6,8,11-15,17-18H2,1-3H3,(H,25,26). The quantitative estimate of drug-likeness (QED) is 0.475. The highest BCUT2D eigenvalue weighted by atomic mass is 16.5. The van der Waals surface area contributed by atoms with Crippen molar-refractivity contribution >= 4 is 5.96 Å². The number of methoxy groups -OCH3 is 1. The Morgan fingerprint density at radius 3 is 2.74 bits per heavy atom. The van der Waals surface area contributed by atoms with Gasteiger partial charge in [-0.2, -0.15) is 0 Å². The second-order valence-corrected chi connectivity index (χ2v) is 8.31. The van der Waals surface area contributed by atoms with E-state index in [0.29, 0.717) is 12.6 Å². The molecule has 0 spiro atoms. The summed E-state index contributed by atoms with van der Waals surface area (Å²) in [4.78, 5) is 7.17. The molecule has 2 fully saturated rings. The average Bonchev–Trinajstić information content (AvgIpc) is 2.81. The Kier molecular flexibility index (Phi) is 9.75. The summed E-state index contributed by atoms with van der Waals surface area (Å²) in [5, 5.41) is 3.43. The first-order valence-electron chi connectivity index (χ1n) is 11.7. The van der Waals surface area contributed by atoms with E-state index < -0.39 is 0 Å². The smallest absolute Gasteiger partial charge is 0.194 e. The van der Waals surface area contributed by atoms with Crippen molar-refractivity contribution in [3.63, 3.8) is 0 Å². The lowest BCUT2D eigenvalue weighted by Crippen LogP contribution is -2.47. The maximum atomic E-state index is 6.15. The highest BCUT2D eigenvalue weighted by molar-refractivity contribution is 5.80. The van der Waals surface area contributed by atoms with Crippen LogP contribution in [0.15, 0.2) is 29.3 Å². The molecule has 3 rings (SSSR count). The van der Waals surface area contributed by atoms with Gasteiger partial charge in [-0.3, -0.25) is 0 Å². The molecular weight excluding hydrogens is 394 g/mol. The third-order valence-corrected chi connectivity index (χ3v) is 5.74. The van der Waals surface area contributed by atoms with Crippen LogP contribution in [0.3, 0.4) is 0 Å². The van der Waals surface area contributed by atoms with Gasteiger partial charge in [0.05, 0.1) is 32.5 Å². The van der Waals surface area contributed by atoms with Crippen LogP contribution in [-0.2, 0) is 9.47 Å². The number of likely N-dealkylation sites (tertiary alicyclic amines) is 1. The van der Waals surface area contributed by atoms with Crippen molar-refractivity contribution in [1.29, 1.82) is 0 Å². The molecule has 7 heteroatoms. The molecule has 0 radical (unpaired) electrons. The number of benzene rings is 1. The van der Waals surface area contributed by atoms with Gasteiger partial charge < -0.3 is 29.2 Å². The summed E-state index contributed by atoms with van der Waals surface area (Å²) in [5.41, 5.74) is 0. The van der Waals surface area contributed by atoms with E-state index >= 15 is 0 Å². The van der Waals surface area contributed by atoms with Crippen LogP contribution in [0.25, 0.3) is 0 Å². The first-order chi connectivity index (χ1) is 15.2. The number of piperidine rings is 1. The number of nitrogens with zero attached hydrogens (tertiary/aromatic N) is 2. The van der Waals surface area contributed by atoms with E-state index in [1.165, 1.54) is 12.8 Å². The normalized spacial score (nSPS) is 21.6. The fourth-order valence-corrected chi connectivity index (χ4v) is 4.00. The molecule has 2 aliphatic rings. The van der Waals surface area contributed by atoms with Crippen molar-refractivity contribution in [3.8, 4) is 11.5 Å². The van der Waals surface area contributed by atoms with Crippen LogP contribution in [0.2, 0.25) is 0 Å². The van der Waals surface area contributed by atoms with Crippen molar-refractivity contribution in [3.05, 3.63) is 24.3 Å². The molecule has 2 aliphatic heterocycles. The van der Waals surface area contributed by atoms with Gasteiger partial charge in [-0.25, -0.2) is 4.99 Å². The van der Waals surface area contributed by atoms with E-state index in [-0.39, 0.29) is 12.2 Å². The first kappa shape index (κ1) is 23.7. The number of guanidine groups is 1. The summed E-state index contributed by atoms with van der Waals surface area (Å²) >= 11 is 0. The zero-order valence-corrected chi connectivity index (χ0v) is 19.3. The van der Waals surface area contributed by atoms with Crippen LogP contribution in [0.4, 0.5) is 0 Å². The molecule has 2 heterocycles. The maximum Gasteiger partial charge on any atom is 0.194 e. The lowest BCUT2D eigenvalue weighted by Gasteiger charge is -2.35. The van der Waals surface area contributed by atoms with Gasteiger partial charge >= 0.3 is 0 Å². The van der Waals surface area contributed by atoms with Crippen molar-refractivity contribution < 1.29 is 18.9 Å². The van der Waals surface area contributed by atoms with Gasteiger partial charge in [0.1, 0.15) is 17.6 Å². The SMILES string of the molecule is CCNC(=NCC(C)Oc1cccc(OC)c1)N1CCC(OCC2CCCCO2)CC1. The molecule has 0 saturated carbocycles. The predicted molar refractivity (Wildman–Crippen MR) is 123 cm³/mol. The molecule has 31 heavy (non-hydrogen) atoms. The number of ether oxygens (including phenoxy) is 4. The monoisotopic (exact) mass is 433 g/mol. The summed E-state index contributed by atoms with van der Waals surface area (Å²) in [7, 11) is 1.66. The van der Waals surface area contributed by atoms with Gasteiger partial charge in [0.2, 0.25) is 0 Å². The predicted octanol–water partition coefficient (Wildman–Crippen LogP) is 3.48. The summed E-state index contributed by atoms with van der Waals surface area (Å²) < 4.78 is 23.2. The molecule has 0 aliphatic carbocycles. The third-order valence-electron chi connectivity index (χ3n) is 5.74. The average molecular weight is 434 g/mol. The molecular formula is C24H39N3O4. The van der Waals surface area contributed by atoms with E-state index in [4.69, 9.17) is 23.9 Å². The molecule has 1 aromatic rings. The number of nitrogens with one attached hydrogen (secondary N) is 1. The molecule has 1 aromatic carbocycles. The molecule has 2 unspecified atom stereocenters. The zero-order valence-electron chi connectivity index (χ0n) is 19.3. The Balaban J connectivity index is 1.44. The summed E-state index contributed by atoms with van der Waals surface area (Å²) in [6, 6.07) is 7.68. The van der Waals surface area contributed by atoms with Crippen molar-refractivity contribution in [2.24, 2.45) is 4.99 Å². The highest BCUT2D eigenvalue weighted by Gasteiger charge is 2.24. The van der Waals surface area contributed by atoms with Gasteiger partial charge in [0.15, 0.2) is 5.96 Å². The minimum absolute atomic E-state index is 0.0304. The zero-order chi connectivity index (χ0) is 21.9. The number of hydrogen-bond acceptors (Lipinski definition) is 5. The molecule has 7 nitrogen and oxygen atoms in total. The first-order valence-corrected chi connectivity index (χ1v) is 11.7. The van der Waals surface area contributed by atoms with Gasteiger partial charge in [0, 0.05) is 32.3 Å². The van der Waals surface area contributed by atoms with E-state index in [9.17, 15) is 0 Å². The van der Waals surface area contributed by atoms with Crippen LogP contribution >= 0.6 is 0 Å². The van der Waals surface area contributed by atoms with Crippen LogP contribution in [0.5, 0.6) is 11.5 Å². The Labute approximate surface area is 187 Å². The topological polar surface area (TPSA) is 64.6 Å². The van der Waals surface area contributed by atoms with Crippen LogP contribution in [0, 0.1) is 0 Å². The maximum absolute atomic E-state index is 6.15. The molecule has 0 bridgehead atoms. The summed E-state index contributed by atoms with van der Waals surface area (Å²) in [6.07, 6.45) is 6.19. The van der Waals surface area contributed by atoms with Crippen molar-refractivity contribution in [2.75, 3.05) is 46.5 Å². The molecule has 0 amide bonds. The Morgan fingerprint density at radius 2 is 2.03 bits per heavy atom. The fraction of sp³-hybridized carbons (Fsp3) is 0.708. The van der Waals surface area contributed by atoms with Gasteiger partial charge in [-0.05, 0) is 58.1 Å². The summed E-state index contributed by atoms with van der Waals surface area (Å²) in [6.45, 7) is 9.10. The number of aliphatic imine (C=N–C) groups is 1. The van der Waals surface area contributed by atoms with Crippen LogP contribution in [-0.4, -0.2) is 75.7 Å². The van der Waals surface area contributed by atoms with E-state index in [1.54, 1.807) is 7.11 Å². The molecule has 174 valence electrons. The minimum atomic E-state index is -0.0304. The number of rotatable bonds is 9. The second-order valence-electron chi connectivity index (χ2n) is 8.31. The molecule has 0 aromatic heterocycles. The Morgan fingerprint density at radius 1 is 1.23 bits per heavy atom. The van der Waals surface area contributed by atoms with E-state index in [2.05, 4.69) is 17.1 Å². The third kappa shape index (κ3) is 7.89. The van der Waals surface area contributed by atoms with Crippen LogP contribution in [0.1, 0.15) is 46.0 Å². The van der Waals surface area contributed by atoms with Crippen molar-refractivity contribution in [1.82, 2.24) is 10.2 Å². The van der Waals surface area contributed by atoms with E-state index in [1.807, 2.05) is 31.2 Å². The van der Waals surface area contributed by atoms with Gasteiger partial charge in [-0.15, -0.1) is 0 Å². The molecule has 2 saturated heterocycles. The molecule has 2 atom stereocenters. The minimum Gasteiger partial charge on any atom is -0.497 e. The molecule has 1 N–H and O–H groups in total. The number of hydrogen-bond donors (Lipinski definition) is 1. The second kappa shape index (κ2) is 12.8. The lowest BCUT2D eigenvalue weighted by molar-refractivity contribution is -0.0721. The fourth-order valence-electron chi connectivity index (χ4n) is 4.00. The highest BCUT2D eigenvalue weighted by Crippen LogP contribution is 2.20. The Hall–Kier alpha value is -1.99. The van der Waals surface area contributed by atoms with Gasteiger partial charge in [-0.1, -0.05) is 6.07 Å². The van der Waals surface area contributed by atoms with Crippen LogP contribution < -0.4 is 14.8 Å².